The minimum atomic E-state index is 0.0238. The van der Waals surface area contributed by atoms with Crippen LogP contribution < -0.4 is 10.2 Å². The van der Waals surface area contributed by atoms with Crippen LogP contribution in [0, 0.1) is 5.92 Å². The lowest BCUT2D eigenvalue weighted by molar-refractivity contribution is -0.119. The molecule has 7 nitrogen and oxygen atoms in total. The van der Waals surface area contributed by atoms with Crippen LogP contribution in [0.15, 0.2) is 42.9 Å². The van der Waals surface area contributed by atoms with Gasteiger partial charge in [0.25, 0.3) is 0 Å². The highest BCUT2D eigenvalue weighted by molar-refractivity contribution is 5.87. The van der Waals surface area contributed by atoms with E-state index in [1.54, 1.807) is 13.3 Å². The third kappa shape index (κ3) is 3.24. The van der Waals surface area contributed by atoms with Crippen LogP contribution in [0.3, 0.4) is 0 Å². The van der Waals surface area contributed by atoms with Crippen LogP contribution in [0.5, 0.6) is 0 Å². The Kier molecular flexibility index (Phi) is 4.51. The first-order valence-corrected chi connectivity index (χ1v) is 8.96. The van der Waals surface area contributed by atoms with Gasteiger partial charge in [-0.3, -0.25) is 4.79 Å². The summed E-state index contributed by atoms with van der Waals surface area (Å²) in [6.07, 6.45) is 5.65. The van der Waals surface area contributed by atoms with E-state index in [4.69, 9.17) is 0 Å². The SMILES string of the molecule is CC(=O)NCC1CCCN(c2ncnc3c2cnn3-c2ccccc2)C1. The summed E-state index contributed by atoms with van der Waals surface area (Å²) in [5.74, 6) is 1.38. The molecule has 4 rings (SSSR count). The molecule has 1 atom stereocenters. The van der Waals surface area contributed by atoms with Crippen molar-refractivity contribution < 1.29 is 4.79 Å². The predicted octanol–water partition coefficient (Wildman–Crippen LogP) is 2.17. The van der Waals surface area contributed by atoms with E-state index < -0.39 is 0 Å². The molecule has 1 unspecified atom stereocenters. The van der Waals surface area contributed by atoms with Crippen LogP contribution in [0.1, 0.15) is 19.8 Å². The fourth-order valence-electron chi connectivity index (χ4n) is 3.55. The van der Waals surface area contributed by atoms with E-state index in [0.717, 1.165) is 48.5 Å². The Morgan fingerprint density at radius 1 is 1.27 bits per heavy atom. The largest absolute Gasteiger partial charge is 0.356 e. The standard InChI is InChI=1S/C19H22N6O/c1-14(26)20-10-15-6-5-9-24(12-15)18-17-11-23-25(19(17)22-13-21-18)16-7-3-2-4-8-16/h2-4,7-8,11,13,15H,5-6,9-10,12H2,1H3,(H,20,26). The van der Waals surface area contributed by atoms with Crippen molar-refractivity contribution in [3.8, 4) is 5.69 Å². The maximum atomic E-state index is 11.2. The first-order valence-electron chi connectivity index (χ1n) is 8.96. The molecule has 0 radical (unpaired) electrons. The predicted molar refractivity (Wildman–Crippen MR) is 100 cm³/mol. The molecule has 3 aromatic rings. The second-order valence-electron chi connectivity index (χ2n) is 6.72. The number of piperidine rings is 1. The van der Waals surface area contributed by atoms with Gasteiger partial charge in [-0.2, -0.15) is 5.10 Å². The number of nitrogens with one attached hydrogen (secondary N) is 1. The number of anilines is 1. The van der Waals surface area contributed by atoms with Crippen molar-refractivity contribution in [3.05, 3.63) is 42.9 Å². The van der Waals surface area contributed by atoms with E-state index in [2.05, 4.69) is 25.3 Å². The van der Waals surface area contributed by atoms with Gasteiger partial charge in [0.1, 0.15) is 12.1 Å². The molecule has 134 valence electrons. The molecule has 1 aromatic carbocycles. The molecule has 1 aliphatic heterocycles. The molecule has 1 N–H and O–H groups in total. The summed E-state index contributed by atoms with van der Waals surface area (Å²) in [7, 11) is 0. The summed E-state index contributed by atoms with van der Waals surface area (Å²) in [6, 6.07) is 9.99. The zero-order valence-electron chi connectivity index (χ0n) is 14.8. The molecule has 0 saturated carbocycles. The van der Waals surface area contributed by atoms with Gasteiger partial charge >= 0.3 is 0 Å². The van der Waals surface area contributed by atoms with Gasteiger partial charge in [0.05, 0.1) is 17.3 Å². The van der Waals surface area contributed by atoms with E-state index in [0.29, 0.717) is 12.5 Å². The molecule has 1 aliphatic rings. The van der Waals surface area contributed by atoms with Crippen molar-refractivity contribution in [2.75, 3.05) is 24.5 Å². The van der Waals surface area contributed by atoms with Crippen molar-refractivity contribution in [3.63, 3.8) is 0 Å². The Labute approximate surface area is 152 Å². The van der Waals surface area contributed by atoms with Crippen LogP contribution in [-0.2, 0) is 4.79 Å². The number of rotatable bonds is 4. The number of carbonyl (C=O) groups excluding carboxylic acids is 1. The number of nitrogens with zero attached hydrogens (tertiary/aromatic N) is 5. The van der Waals surface area contributed by atoms with E-state index in [1.807, 2.05) is 41.2 Å². The van der Waals surface area contributed by atoms with Crippen molar-refractivity contribution in [2.24, 2.45) is 5.92 Å². The van der Waals surface area contributed by atoms with Gasteiger partial charge in [-0.1, -0.05) is 18.2 Å². The highest BCUT2D eigenvalue weighted by atomic mass is 16.1. The molecule has 0 bridgehead atoms. The van der Waals surface area contributed by atoms with Crippen molar-refractivity contribution in [1.82, 2.24) is 25.1 Å². The van der Waals surface area contributed by atoms with E-state index >= 15 is 0 Å². The molecule has 7 heteroatoms. The number of fused-ring (bicyclic) bond motifs is 1. The Hall–Kier alpha value is -2.96. The van der Waals surface area contributed by atoms with Crippen LogP contribution in [-0.4, -0.2) is 45.3 Å². The molecule has 26 heavy (non-hydrogen) atoms. The van der Waals surface area contributed by atoms with Crippen LogP contribution in [0.4, 0.5) is 5.82 Å². The molecule has 2 aromatic heterocycles. The van der Waals surface area contributed by atoms with Crippen LogP contribution in [0.25, 0.3) is 16.7 Å². The Morgan fingerprint density at radius 3 is 2.92 bits per heavy atom. The lowest BCUT2D eigenvalue weighted by atomic mass is 9.98. The normalized spacial score (nSPS) is 17.4. The Bertz CT molecular complexity index is 907. The highest BCUT2D eigenvalue weighted by Crippen LogP contribution is 2.28. The zero-order chi connectivity index (χ0) is 17.9. The third-order valence-corrected chi connectivity index (χ3v) is 4.80. The molecule has 0 aliphatic carbocycles. The zero-order valence-corrected chi connectivity index (χ0v) is 14.8. The molecule has 0 spiro atoms. The maximum absolute atomic E-state index is 11.2. The average molecular weight is 350 g/mol. The molecular formula is C19H22N6O. The smallest absolute Gasteiger partial charge is 0.216 e. The van der Waals surface area contributed by atoms with Gasteiger partial charge in [0.15, 0.2) is 5.65 Å². The summed E-state index contributed by atoms with van der Waals surface area (Å²) in [4.78, 5) is 22.5. The number of benzene rings is 1. The summed E-state index contributed by atoms with van der Waals surface area (Å²) >= 11 is 0. The van der Waals surface area contributed by atoms with Gasteiger partial charge in [0.2, 0.25) is 5.91 Å². The number of hydrogen-bond donors (Lipinski definition) is 1. The van der Waals surface area contributed by atoms with Crippen molar-refractivity contribution in [1.29, 1.82) is 0 Å². The van der Waals surface area contributed by atoms with E-state index in [-0.39, 0.29) is 5.91 Å². The molecule has 3 heterocycles. The monoisotopic (exact) mass is 350 g/mol. The summed E-state index contributed by atoms with van der Waals surface area (Å²) in [6.45, 7) is 4.11. The van der Waals surface area contributed by atoms with Crippen LogP contribution >= 0.6 is 0 Å². The second-order valence-corrected chi connectivity index (χ2v) is 6.72. The quantitative estimate of drug-likeness (QED) is 0.780. The number of carbonyl (C=O) groups is 1. The first kappa shape index (κ1) is 16.5. The number of para-hydroxylation sites is 1. The van der Waals surface area contributed by atoms with E-state index in [1.165, 1.54) is 0 Å². The minimum absolute atomic E-state index is 0.0238. The Balaban J connectivity index is 1.63. The van der Waals surface area contributed by atoms with Crippen molar-refractivity contribution in [2.45, 2.75) is 19.8 Å². The van der Waals surface area contributed by atoms with Gasteiger partial charge < -0.3 is 10.2 Å². The number of hydrogen-bond acceptors (Lipinski definition) is 5. The highest BCUT2D eigenvalue weighted by Gasteiger charge is 2.23. The maximum Gasteiger partial charge on any atom is 0.216 e. The van der Waals surface area contributed by atoms with Crippen LogP contribution in [0.2, 0.25) is 0 Å². The molecule has 1 saturated heterocycles. The molecular weight excluding hydrogens is 328 g/mol. The molecule has 1 fully saturated rings. The number of aromatic nitrogens is 4. The Morgan fingerprint density at radius 2 is 2.12 bits per heavy atom. The topological polar surface area (TPSA) is 75.9 Å². The number of amides is 1. The van der Waals surface area contributed by atoms with Gasteiger partial charge in [-0.15, -0.1) is 0 Å². The summed E-state index contributed by atoms with van der Waals surface area (Å²) < 4.78 is 1.85. The van der Waals surface area contributed by atoms with Gasteiger partial charge in [-0.05, 0) is 30.9 Å². The fraction of sp³-hybridized carbons (Fsp3) is 0.368. The second kappa shape index (κ2) is 7.11. The fourth-order valence-corrected chi connectivity index (χ4v) is 3.55. The third-order valence-electron chi connectivity index (χ3n) is 4.80. The summed E-state index contributed by atoms with van der Waals surface area (Å²) in [5, 5.41) is 8.42. The minimum Gasteiger partial charge on any atom is -0.356 e. The average Bonchev–Trinajstić information content (AvgIpc) is 3.11. The molecule has 1 amide bonds. The van der Waals surface area contributed by atoms with Gasteiger partial charge in [0, 0.05) is 26.6 Å². The van der Waals surface area contributed by atoms with Crippen molar-refractivity contribution >= 4 is 22.8 Å². The summed E-state index contributed by atoms with van der Waals surface area (Å²) in [5.41, 5.74) is 1.79. The van der Waals surface area contributed by atoms with E-state index in [9.17, 15) is 4.79 Å². The van der Waals surface area contributed by atoms with Gasteiger partial charge in [-0.25, -0.2) is 14.6 Å². The lowest BCUT2D eigenvalue weighted by Crippen LogP contribution is -2.41. The lowest BCUT2D eigenvalue weighted by Gasteiger charge is -2.33. The first-order chi connectivity index (χ1) is 12.7.